The summed E-state index contributed by atoms with van der Waals surface area (Å²) in [5, 5.41) is 12.7. The Bertz CT molecular complexity index is 1110. The molecule has 31 heavy (non-hydrogen) atoms. The van der Waals surface area contributed by atoms with Crippen LogP contribution in [0.4, 0.5) is 0 Å². The molecular formula is C27H26Br2OS. The van der Waals surface area contributed by atoms with Gasteiger partial charge in [0.2, 0.25) is 0 Å². The van der Waals surface area contributed by atoms with Crippen molar-refractivity contribution in [2.24, 2.45) is 0 Å². The van der Waals surface area contributed by atoms with E-state index in [0.29, 0.717) is 0 Å². The summed E-state index contributed by atoms with van der Waals surface area (Å²) < 4.78 is 1.97. The molecule has 0 radical (unpaired) electrons. The first-order chi connectivity index (χ1) is 14.7. The van der Waals surface area contributed by atoms with Gasteiger partial charge in [0, 0.05) is 15.4 Å². The minimum absolute atomic E-state index is 0.00156. The van der Waals surface area contributed by atoms with Crippen molar-refractivity contribution in [3.05, 3.63) is 103 Å². The number of aliphatic hydroxyl groups excluding tert-OH is 1. The van der Waals surface area contributed by atoms with Crippen LogP contribution in [-0.2, 0) is 16.8 Å². The standard InChI is InChI=1S/C27H26Br2OS/c1-26(2,3)19-9-11-20(12-10-19)27(15-22(29)17-31-27)25-6-4-5-23(24(25)16-30)18-7-13-21(28)14-8-18/h4-14,17,30H,15-16H2,1-3H3. The van der Waals surface area contributed by atoms with Crippen LogP contribution in [-0.4, -0.2) is 5.11 Å². The molecule has 4 rings (SSSR count). The lowest BCUT2D eigenvalue weighted by atomic mass is 9.80. The fourth-order valence-electron chi connectivity index (χ4n) is 4.24. The molecular weight excluding hydrogens is 532 g/mol. The second kappa shape index (κ2) is 8.90. The first kappa shape index (κ1) is 22.8. The maximum atomic E-state index is 10.5. The summed E-state index contributed by atoms with van der Waals surface area (Å²) in [7, 11) is 0. The third-order valence-corrected chi connectivity index (χ3v) is 8.69. The van der Waals surface area contributed by atoms with Crippen molar-refractivity contribution in [2.75, 3.05) is 0 Å². The second-order valence-corrected chi connectivity index (χ2v) is 12.1. The molecule has 1 N–H and O–H groups in total. The van der Waals surface area contributed by atoms with Crippen LogP contribution in [0.5, 0.6) is 0 Å². The van der Waals surface area contributed by atoms with Gasteiger partial charge in [-0.3, -0.25) is 0 Å². The first-order valence-corrected chi connectivity index (χ1v) is 12.8. The minimum atomic E-state index is -0.265. The van der Waals surface area contributed by atoms with Gasteiger partial charge in [-0.15, -0.1) is 11.8 Å². The highest BCUT2D eigenvalue weighted by atomic mass is 79.9. The van der Waals surface area contributed by atoms with Gasteiger partial charge >= 0.3 is 0 Å². The summed E-state index contributed by atoms with van der Waals surface area (Å²) >= 11 is 9.09. The van der Waals surface area contributed by atoms with Gasteiger partial charge in [0.05, 0.1) is 11.4 Å². The number of thioether (sulfide) groups is 1. The molecule has 3 aromatic rings. The van der Waals surface area contributed by atoms with Crippen molar-refractivity contribution >= 4 is 43.6 Å². The van der Waals surface area contributed by atoms with E-state index >= 15 is 0 Å². The summed E-state index contributed by atoms with van der Waals surface area (Å²) in [5.41, 5.74) is 7.07. The smallest absolute Gasteiger partial charge is 0.0747 e. The third kappa shape index (κ3) is 4.45. The van der Waals surface area contributed by atoms with Crippen LogP contribution >= 0.6 is 43.6 Å². The van der Waals surface area contributed by atoms with Crippen molar-refractivity contribution < 1.29 is 5.11 Å². The zero-order valence-corrected chi connectivity index (χ0v) is 21.9. The SMILES string of the molecule is CC(C)(C)c1ccc(C2(c3cccc(-c4ccc(Br)cc4)c3CO)CC(Br)=CS2)cc1. The van der Waals surface area contributed by atoms with E-state index in [2.05, 4.69) is 113 Å². The average molecular weight is 558 g/mol. The van der Waals surface area contributed by atoms with Gasteiger partial charge < -0.3 is 5.11 Å². The van der Waals surface area contributed by atoms with E-state index < -0.39 is 0 Å². The maximum absolute atomic E-state index is 10.5. The molecule has 0 fully saturated rings. The van der Waals surface area contributed by atoms with Crippen molar-refractivity contribution in [1.29, 1.82) is 0 Å². The number of halogens is 2. The fourth-order valence-corrected chi connectivity index (χ4v) is 6.64. The number of hydrogen-bond acceptors (Lipinski definition) is 2. The molecule has 4 heteroatoms. The molecule has 160 valence electrons. The molecule has 1 unspecified atom stereocenters. The third-order valence-electron chi connectivity index (χ3n) is 5.95. The lowest BCUT2D eigenvalue weighted by molar-refractivity contribution is 0.280. The van der Waals surface area contributed by atoms with Gasteiger partial charge in [-0.25, -0.2) is 0 Å². The second-order valence-electron chi connectivity index (χ2n) is 9.01. The van der Waals surface area contributed by atoms with E-state index in [1.807, 2.05) is 23.9 Å². The Balaban J connectivity index is 1.88. The molecule has 1 atom stereocenters. The summed E-state index contributed by atoms with van der Waals surface area (Å²) in [6.45, 7) is 6.73. The molecule has 1 aliphatic heterocycles. The average Bonchev–Trinajstić information content (AvgIpc) is 3.16. The number of aliphatic hydroxyl groups is 1. The molecule has 0 aromatic heterocycles. The molecule has 0 aliphatic carbocycles. The van der Waals surface area contributed by atoms with Crippen LogP contribution in [0.25, 0.3) is 11.1 Å². The molecule has 0 saturated carbocycles. The van der Waals surface area contributed by atoms with Crippen LogP contribution in [0.2, 0.25) is 0 Å². The summed E-state index contributed by atoms with van der Waals surface area (Å²) in [4.78, 5) is 0. The minimum Gasteiger partial charge on any atom is -0.392 e. The lowest BCUT2D eigenvalue weighted by Crippen LogP contribution is -2.24. The molecule has 0 spiro atoms. The molecule has 1 aliphatic rings. The lowest BCUT2D eigenvalue weighted by Gasteiger charge is -2.33. The van der Waals surface area contributed by atoms with Crippen LogP contribution in [0, 0.1) is 0 Å². The molecule has 1 heterocycles. The number of rotatable bonds is 4. The van der Waals surface area contributed by atoms with Gasteiger partial charge in [-0.2, -0.15) is 0 Å². The zero-order chi connectivity index (χ0) is 22.2. The highest BCUT2D eigenvalue weighted by molar-refractivity contribution is 9.11. The maximum Gasteiger partial charge on any atom is 0.0747 e. The Morgan fingerprint density at radius 1 is 0.935 bits per heavy atom. The summed E-state index contributed by atoms with van der Waals surface area (Å²) in [6, 6.07) is 23.7. The van der Waals surface area contributed by atoms with E-state index in [-0.39, 0.29) is 16.8 Å². The summed E-state index contributed by atoms with van der Waals surface area (Å²) in [5.74, 6) is 0. The quantitative estimate of drug-likeness (QED) is 0.347. The predicted octanol–water partition coefficient (Wildman–Crippen LogP) is 8.52. The van der Waals surface area contributed by atoms with Crippen LogP contribution in [0.3, 0.4) is 0 Å². The van der Waals surface area contributed by atoms with Crippen molar-refractivity contribution in [2.45, 2.75) is 44.0 Å². The normalized spacial score (nSPS) is 18.8. The van der Waals surface area contributed by atoms with Crippen LogP contribution < -0.4 is 0 Å². The van der Waals surface area contributed by atoms with Crippen molar-refractivity contribution in [3.8, 4) is 11.1 Å². The molecule has 0 saturated heterocycles. The number of allylic oxidation sites excluding steroid dienone is 1. The largest absolute Gasteiger partial charge is 0.392 e. The van der Waals surface area contributed by atoms with E-state index in [1.165, 1.54) is 21.2 Å². The van der Waals surface area contributed by atoms with E-state index in [1.54, 1.807) is 0 Å². The predicted molar refractivity (Wildman–Crippen MR) is 141 cm³/mol. The topological polar surface area (TPSA) is 20.2 Å². The Morgan fingerprint density at radius 3 is 2.16 bits per heavy atom. The van der Waals surface area contributed by atoms with Gasteiger partial charge in [0.15, 0.2) is 0 Å². The van der Waals surface area contributed by atoms with Gasteiger partial charge in [0.1, 0.15) is 0 Å². The van der Waals surface area contributed by atoms with E-state index in [4.69, 9.17) is 0 Å². The Morgan fingerprint density at radius 2 is 1.61 bits per heavy atom. The monoisotopic (exact) mass is 556 g/mol. The van der Waals surface area contributed by atoms with Crippen LogP contribution in [0.15, 0.2) is 81.1 Å². The highest BCUT2D eigenvalue weighted by Crippen LogP contribution is 2.56. The Labute approximate surface area is 206 Å². The number of benzene rings is 3. The van der Waals surface area contributed by atoms with Crippen molar-refractivity contribution in [1.82, 2.24) is 0 Å². The Kier molecular flexibility index (Phi) is 6.56. The highest BCUT2D eigenvalue weighted by Gasteiger charge is 2.40. The molecule has 0 bridgehead atoms. The first-order valence-electron chi connectivity index (χ1n) is 10.4. The molecule has 1 nitrogen and oxygen atoms in total. The summed E-state index contributed by atoms with van der Waals surface area (Å²) in [6.07, 6.45) is 0.864. The fraction of sp³-hybridized carbons (Fsp3) is 0.259. The van der Waals surface area contributed by atoms with Gasteiger partial charge in [-0.05, 0) is 56.3 Å². The Hall–Kier alpha value is -1.33. The van der Waals surface area contributed by atoms with Crippen LogP contribution in [0.1, 0.15) is 49.4 Å². The number of hydrogen-bond donors (Lipinski definition) is 1. The van der Waals surface area contributed by atoms with Gasteiger partial charge in [0.25, 0.3) is 0 Å². The zero-order valence-electron chi connectivity index (χ0n) is 18.0. The van der Waals surface area contributed by atoms with E-state index in [9.17, 15) is 5.11 Å². The van der Waals surface area contributed by atoms with Crippen molar-refractivity contribution in [3.63, 3.8) is 0 Å². The van der Waals surface area contributed by atoms with E-state index in [0.717, 1.165) is 27.6 Å². The van der Waals surface area contributed by atoms with Gasteiger partial charge in [-0.1, -0.05) is 107 Å². The molecule has 0 amide bonds. The molecule has 3 aromatic carbocycles.